The minimum Gasteiger partial charge on any atom is -0.329 e. The smallest absolute Gasteiger partial charge is 0.329 e. The van der Waals surface area contributed by atoms with Gasteiger partial charge in [-0.15, -0.1) is 24.8 Å². The third-order valence-corrected chi connectivity index (χ3v) is 1.70. The van der Waals surface area contributed by atoms with Crippen LogP contribution in [0.25, 0.3) is 0 Å². The molecule has 0 aromatic carbocycles. The summed E-state index contributed by atoms with van der Waals surface area (Å²) in [5, 5.41) is 0. The largest absolute Gasteiger partial charge is 0.347 e. The van der Waals surface area contributed by atoms with E-state index in [1.807, 2.05) is 13.0 Å². The molecule has 1 rings (SSSR count). The number of nitrogens with two attached hydrogens (primary N) is 1. The predicted molar refractivity (Wildman–Crippen MR) is 61.5 cm³/mol. The Morgan fingerprint density at radius 1 is 1.43 bits per heavy atom. The zero-order valence-corrected chi connectivity index (χ0v) is 9.82. The fourth-order valence-corrected chi connectivity index (χ4v) is 1.18. The van der Waals surface area contributed by atoms with Gasteiger partial charge in [0.05, 0.1) is 0 Å². The van der Waals surface area contributed by atoms with Crippen molar-refractivity contribution < 1.29 is 0 Å². The van der Waals surface area contributed by atoms with Crippen LogP contribution in [-0.4, -0.2) is 16.1 Å². The maximum absolute atomic E-state index is 11.2. The molecule has 0 atom stereocenters. The minimum absolute atomic E-state index is 0. The second-order valence-electron chi connectivity index (χ2n) is 2.76. The molecule has 0 amide bonds. The SMILES string of the molecule is Cc1cc(C)n(CCN)c(=O)n1.Cl.Cl. The molecule has 4 nitrogen and oxygen atoms in total. The van der Waals surface area contributed by atoms with E-state index in [0.29, 0.717) is 13.1 Å². The highest BCUT2D eigenvalue weighted by molar-refractivity contribution is 5.85. The Bertz CT molecular complexity index is 338. The first-order valence-corrected chi connectivity index (χ1v) is 3.90. The highest BCUT2D eigenvalue weighted by atomic mass is 35.5. The molecule has 14 heavy (non-hydrogen) atoms. The summed E-state index contributed by atoms with van der Waals surface area (Å²) < 4.78 is 1.58. The van der Waals surface area contributed by atoms with Gasteiger partial charge in [0.2, 0.25) is 0 Å². The van der Waals surface area contributed by atoms with Crippen LogP contribution in [0.1, 0.15) is 11.4 Å². The van der Waals surface area contributed by atoms with Gasteiger partial charge in [-0.1, -0.05) is 0 Å². The summed E-state index contributed by atoms with van der Waals surface area (Å²) in [7, 11) is 0. The standard InChI is InChI=1S/C8H13N3O.2ClH/c1-6-5-7(2)11(4-3-9)8(12)10-6;;/h5H,3-4,9H2,1-2H3;2*1H. The highest BCUT2D eigenvalue weighted by Gasteiger charge is 2.00. The summed E-state index contributed by atoms with van der Waals surface area (Å²) in [4.78, 5) is 15.1. The zero-order chi connectivity index (χ0) is 9.14. The monoisotopic (exact) mass is 239 g/mol. The molecule has 1 heterocycles. The zero-order valence-electron chi connectivity index (χ0n) is 8.19. The molecule has 2 N–H and O–H groups in total. The lowest BCUT2D eigenvalue weighted by Crippen LogP contribution is -2.28. The first-order valence-electron chi connectivity index (χ1n) is 3.90. The molecule has 0 radical (unpaired) electrons. The molecule has 0 saturated heterocycles. The summed E-state index contributed by atoms with van der Waals surface area (Å²) in [6.07, 6.45) is 0. The Hall–Kier alpha value is -0.580. The fraction of sp³-hybridized carbons (Fsp3) is 0.500. The number of halogens is 2. The van der Waals surface area contributed by atoms with Crippen LogP contribution in [0.15, 0.2) is 10.9 Å². The molecule has 82 valence electrons. The van der Waals surface area contributed by atoms with E-state index >= 15 is 0 Å². The molecule has 0 fully saturated rings. The van der Waals surface area contributed by atoms with Crippen LogP contribution in [0.4, 0.5) is 0 Å². The topological polar surface area (TPSA) is 60.9 Å². The van der Waals surface area contributed by atoms with Crippen molar-refractivity contribution in [3.05, 3.63) is 27.9 Å². The van der Waals surface area contributed by atoms with Crippen LogP contribution < -0.4 is 11.4 Å². The van der Waals surface area contributed by atoms with Gasteiger partial charge in [0.15, 0.2) is 0 Å². The van der Waals surface area contributed by atoms with Crippen molar-refractivity contribution in [2.45, 2.75) is 20.4 Å². The Balaban J connectivity index is 0. The Morgan fingerprint density at radius 3 is 2.43 bits per heavy atom. The maximum Gasteiger partial charge on any atom is 0.347 e. The van der Waals surface area contributed by atoms with Gasteiger partial charge >= 0.3 is 5.69 Å². The molecule has 0 spiro atoms. The van der Waals surface area contributed by atoms with E-state index in [0.717, 1.165) is 11.4 Å². The van der Waals surface area contributed by atoms with E-state index in [4.69, 9.17) is 5.73 Å². The average molecular weight is 240 g/mol. The number of rotatable bonds is 2. The predicted octanol–water partition coefficient (Wildman–Crippen LogP) is 0.662. The summed E-state index contributed by atoms with van der Waals surface area (Å²) in [6.45, 7) is 4.69. The van der Waals surface area contributed by atoms with Crippen molar-refractivity contribution >= 4 is 24.8 Å². The van der Waals surface area contributed by atoms with Crippen molar-refractivity contribution in [2.24, 2.45) is 5.73 Å². The lowest BCUT2D eigenvalue weighted by atomic mass is 10.3. The van der Waals surface area contributed by atoms with Gasteiger partial charge in [-0.2, -0.15) is 4.98 Å². The summed E-state index contributed by atoms with van der Waals surface area (Å²) in [6, 6.07) is 1.87. The van der Waals surface area contributed by atoms with Gasteiger partial charge in [-0.3, -0.25) is 4.57 Å². The molecule has 0 unspecified atom stereocenters. The van der Waals surface area contributed by atoms with Crippen molar-refractivity contribution in [1.82, 2.24) is 9.55 Å². The van der Waals surface area contributed by atoms with Crippen molar-refractivity contribution in [3.63, 3.8) is 0 Å². The number of hydrogen-bond donors (Lipinski definition) is 1. The molecular weight excluding hydrogens is 225 g/mol. The van der Waals surface area contributed by atoms with E-state index in [2.05, 4.69) is 4.98 Å². The van der Waals surface area contributed by atoms with E-state index < -0.39 is 0 Å². The van der Waals surface area contributed by atoms with E-state index in [-0.39, 0.29) is 30.5 Å². The van der Waals surface area contributed by atoms with Gasteiger partial charge in [0, 0.05) is 24.5 Å². The number of nitrogens with zero attached hydrogens (tertiary/aromatic N) is 2. The van der Waals surface area contributed by atoms with Gasteiger partial charge < -0.3 is 5.73 Å². The normalized spacial score (nSPS) is 8.79. The molecule has 0 aliphatic carbocycles. The number of hydrogen-bond acceptors (Lipinski definition) is 3. The van der Waals surface area contributed by atoms with Crippen LogP contribution in [0.5, 0.6) is 0 Å². The molecular formula is C8H15Cl2N3O. The molecule has 1 aromatic heterocycles. The number of aromatic nitrogens is 2. The van der Waals surface area contributed by atoms with Crippen LogP contribution in [0.3, 0.4) is 0 Å². The summed E-state index contributed by atoms with van der Waals surface area (Å²) in [5.74, 6) is 0. The molecule has 0 bridgehead atoms. The Labute approximate surface area is 95.3 Å². The van der Waals surface area contributed by atoms with E-state index in [1.54, 1.807) is 11.5 Å². The van der Waals surface area contributed by atoms with Crippen LogP contribution in [-0.2, 0) is 6.54 Å². The van der Waals surface area contributed by atoms with E-state index in [9.17, 15) is 4.79 Å². The second-order valence-corrected chi connectivity index (χ2v) is 2.76. The third kappa shape index (κ3) is 3.65. The minimum atomic E-state index is -0.210. The lowest BCUT2D eigenvalue weighted by molar-refractivity contribution is 0.635. The molecule has 0 saturated carbocycles. The molecule has 0 aliphatic heterocycles. The summed E-state index contributed by atoms with van der Waals surface area (Å²) in [5.41, 5.74) is 6.81. The molecule has 0 aliphatic rings. The lowest BCUT2D eigenvalue weighted by Gasteiger charge is -2.06. The van der Waals surface area contributed by atoms with Crippen molar-refractivity contribution in [3.8, 4) is 0 Å². The van der Waals surface area contributed by atoms with Gasteiger partial charge in [0.1, 0.15) is 0 Å². The van der Waals surface area contributed by atoms with Crippen molar-refractivity contribution in [1.29, 1.82) is 0 Å². The number of aryl methyl sites for hydroxylation is 2. The van der Waals surface area contributed by atoms with Crippen molar-refractivity contribution in [2.75, 3.05) is 6.54 Å². The Morgan fingerprint density at radius 2 is 2.00 bits per heavy atom. The first-order chi connectivity index (χ1) is 5.65. The molecule has 6 heteroatoms. The van der Waals surface area contributed by atoms with Gasteiger partial charge in [-0.25, -0.2) is 4.79 Å². The Kier molecular flexibility index (Phi) is 7.72. The average Bonchev–Trinajstić information content (AvgIpc) is 1.96. The maximum atomic E-state index is 11.2. The van der Waals surface area contributed by atoms with Gasteiger partial charge in [-0.05, 0) is 19.9 Å². The molecule has 1 aromatic rings. The third-order valence-electron chi connectivity index (χ3n) is 1.70. The van der Waals surface area contributed by atoms with E-state index in [1.165, 1.54) is 0 Å². The highest BCUT2D eigenvalue weighted by Crippen LogP contribution is 1.95. The quantitative estimate of drug-likeness (QED) is 0.826. The van der Waals surface area contributed by atoms with Gasteiger partial charge in [0.25, 0.3) is 0 Å². The van der Waals surface area contributed by atoms with Crippen LogP contribution in [0, 0.1) is 13.8 Å². The van der Waals surface area contributed by atoms with Crippen LogP contribution in [0.2, 0.25) is 0 Å². The first kappa shape index (κ1) is 15.9. The fourth-order valence-electron chi connectivity index (χ4n) is 1.18. The summed E-state index contributed by atoms with van der Waals surface area (Å²) >= 11 is 0. The van der Waals surface area contributed by atoms with Crippen LogP contribution >= 0.6 is 24.8 Å². The second kappa shape index (κ2) is 6.81.